The Hall–Kier alpha value is -1.14. The topological polar surface area (TPSA) is 52.6 Å². The molecule has 1 heterocycles. The molecule has 0 atom stereocenters. The van der Waals surface area contributed by atoms with Crippen molar-refractivity contribution in [3.05, 3.63) is 0 Å². The van der Waals surface area contributed by atoms with Crippen molar-refractivity contribution in [1.82, 2.24) is 15.1 Å². The highest BCUT2D eigenvalue weighted by Gasteiger charge is 2.43. The Morgan fingerprint density at radius 1 is 1.20 bits per heavy atom. The fourth-order valence-corrected chi connectivity index (χ4v) is 2.26. The van der Waals surface area contributed by atoms with Crippen LogP contribution in [0.15, 0.2) is 0 Å². The van der Waals surface area contributed by atoms with Gasteiger partial charge in [-0.05, 0) is 27.9 Å². The van der Waals surface area contributed by atoms with Crippen LogP contribution in [-0.2, 0) is 4.79 Å². The minimum Gasteiger partial charge on any atom is -0.327 e. The molecule has 0 aromatic rings. The first-order valence-electron chi connectivity index (χ1n) is 7.16. The van der Waals surface area contributed by atoms with Crippen molar-refractivity contribution in [3.8, 4) is 0 Å². The highest BCUT2D eigenvalue weighted by molar-refractivity contribution is 6.06. The quantitative estimate of drug-likeness (QED) is 0.542. The van der Waals surface area contributed by atoms with Gasteiger partial charge in [-0.3, -0.25) is 9.69 Å². The second kappa shape index (κ2) is 6.10. The van der Waals surface area contributed by atoms with Gasteiger partial charge in [0.2, 0.25) is 0 Å². The maximum Gasteiger partial charge on any atom is 0.325 e. The van der Waals surface area contributed by atoms with Crippen LogP contribution >= 0.6 is 0 Å². The van der Waals surface area contributed by atoms with Gasteiger partial charge in [0, 0.05) is 19.5 Å². The summed E-state index contributed by atoms with van der Waals surface area (Å²) in [7, 11) is 8.49. The van der Waals surface area contributed by atoms with E-state index in [9.17, 15) is 9.59 Å². The van der Waals surface area contributed by atoms with E-state index < -0.39 is 5.54 Å². The van der Waals surface area contributed by atoms with Crippen LogP contribution in [0.3, 0.4) is 0 Å². The molecule has 1 rings (SSSR count). The highest BCUT2D eigenvalue weighted by atomic mass is 16.2. The predicted molar refractivity (Wildman–Crippen MR) is 79.3 cm³/mol. The van der Waals surface area contributed by atoms with Gasteiger partial charge in [-0.2, -0.15) is 0 Å². The molecule has 6 heteroatoms. The highest BCUT2D eigenvalue weighted by Crippen LogP contribution is 2.16. The molecular weight excluding hydrogens is 256 g/mol. The number of nitrogens with one attached hydrogen (secondary N) is 1. The first-order valence-corrected chi connectivity index (χ1v) is 7.16. The molecule has 1 N–H and O–H groups in total. The number of hydrogen-bond donors (Lipinski definition) is 1. The number of likely N-dealkylation sites (N-methyl/N-ethyl adjacent to an activating group) is 2. The van der Waals surface area contributed by atoms with Gasteiger partial charge >= 0.3 is 6.03 Å². The molecule has 0 aromatic carbocycles. The number of carbonyl (C=O) groups excluding carboxylic acids is 2. The fourth-order valence-electron chi connectivity index (χ4n) is 2.26. The summed E-state index contributed by atoms with van der Waals surface area (Å²) in [6, 6.07) is -0.265. The molecule has 116 valence electrons. The summed E-state index contributed by atoms with van der Waals surface area (Å²) in [6.45, 7) is 7.01. The Morgan fingerprint density at radius 2 is 1.80 bits per heavy atom. The van der Waals surface area contributed by atoms with Gasteiger partial charge < -0.3 is 14.7 Å². The Bertz CT molecular complexity index is 377. The third kappa shape index (κ3) is 4.45. The number of quaternary nitrogens is 1. The number of rotatable bonds is 7. The molecule has 20 heavy (non-hydrogen) atoms. The van der Waals surface area contributed by atoms with Crippen LogP contribution in [0.4, 0.5) is 4.79 Å². The van der Waals surface area contributed by atoms with Gasteiger partial charge in [-0.15, -0.1) is 0 Å². The molecule has 1 aliphatic rings. The SMILES string of the molecule is CN(C)CC[N+](C)(C)CCCN1C(=O)NC(C)(C)C1=O. The van der Waals surface area contributed by atoms with Crippen LogP contribution in [0.25, 0.3) is 0 Å². The van der Waals surface area contributed by atoms with Gasteiger partial charge in [-0.1, -0.05) is 0 Å². The van der Waals surface area contributed by atoms with Crippen LogP contribution in [-0.4, -0.2) is 86.1 Å². The molecule has 1 aliphatic heterocycles. The molecule has 0 spiro atoms. The maximum atomic E-state index is 12.0. The molecule has 1 saturated heterocycles. The third-order valence-electron chi connectivity index (χ3n) is 3.74. The van der Waals surface area contributed by atoms with Crippen LogP contribution < -0.4 is 5.32 Å². The standard InChI is InChI=1S/C14H28N4O2/c1-14(2)12(19)17(13(20)15-14)8-7-10-18(5,6)11-9-16(3)4/h7-11H2,1-6H3/p+1. The van der Waals surface area contributed by atoms with E-state index in [1.807, 2.05) is 0 Å². The summed E-state index contributed by atoms with van der Waals surface area (Å²) in [5.41, 5.74) is -0.758. The van der Waals surface area contributed by atoms with E-state index in [1.54, 1.807) is 13.8 Å². The molecular formula is C14H29N4O2+. The molecule has 0 bridgehead atoms. The Labute approximate surface area is 122 Å². The number of urea groups is 1. The number of imide groups is 1. The van der Waals surface area contributed by atoms with E-state index in [0.29, 0.717) is 6.54 Å². The number of nitrogens with zero attached hydrogens (tertiary/aromatic N) is 3. The summed E-state index contributed by atoms with van der Waals surface area (Å²) >= 11 is 0. The zero-order valence-electron chi connectivity index (χ0n) is 13.7. The predicted octanol–water partition coefficient (Wildman–Crippen LogP) is 0.345. The third-order valence-corrected chi connectivity index (χ3v) is 3.74. The lowest BCUT2D eigenvalue weighted by molar-refractivity contribution is -0.889. The van der Waals surface area contributed by atoms with Crippen LogP contribution in [0, 0.1) is 0 Å². The summed E-state index contributed by atoms with van der Waals surface area (Å²) < 4.78 is 0.894. The van der Waals surface area contributed by atoms with Crippen molar-refractivity contribution >= 4 is 11.9 Å². The summed E-state index contributed by atoms with van der Waals surface area (Å²) in [4.78, 5) is 27.3. The number of hydrogen-bond acceptors (Lipinski definition) is 3. The lowest BCUT2D eigenvalue weighted by Gasteiger charge is -2.31. The summed E-state index contributed by atoms with van der Waals surface area (Å²) in [5.74, 6) is -0.124. The Kier molecular flexibility index (Phi) is 5.15. The average molecular weight is 285 g/mol. The summed E-state index contributed by atoms with van der Waals surface area (Å²) in [5, 5.41) is 2.71. The van der Waals surface area contributed by atoms with Crippen molar-refractivity contribution in [2.45, 2.75) is 25.8 Å². The molecule has 0 unspecified atom stereocenters. The van der Waals surface area contributed by atoms with E-state index in [1.165, 1.54) is 4.90 Å². The molecule has 6 nitrogen and oxygen atoms in total. The Morgan fingerprint density at radius 3 is 2.25 bits per heavy atom. The number of carbonyl (C=O) groups is 2. The van der Waals surface area contributed by atoms with Gasteiger partial charge in [0.25, 0.3) is 5.91 Å². The van der Waals surface area contributed by atoms with E-state index in [0.717, 1.165) is 30.5 Å². The second-order valence-corrected chi connectivity index (χ2v) is 7.05. The van der Waals surface area contributed by atoms with Crippen molar-refractivity contribution in [1.29, 1.82) is 0 Å². The van der Waals surface area contributed by atoms with Crippen molar-refractivity contribution in [2.75, 3.05) is 54.4 Å². The minimum absolute atomic E-state index is 0.124. The molecule has 3 amide bonds. The van der Waals surface area contributed by atoms with Crippen molar-refractivity contribution in [3.63, 3.8) is 0 Å². The lowest BCUT2D eigenvalue weighted by Crippen LogP contribution is -2.46. The van der Waals surface area contributed by atoms with Gasteiger partial charge in [0.1, 0.15) is 5.54 Å². The van der Waals surface area contributed by atoms with Gasteiger partial charge in [-0.25, -0.2) is 4.79 Å². The fraction of sp³-hybridized carbons (Fsp3) is 0.857. The van der Waals surface area contributed by atoms with E-state index in [-0.39, 0.29) is 11.9 Å². The number of amides is 3. The monoisotopic (exact) mass is 285 g/mol. The van der Waals surface area contributed by atoms with Gasteiger partial charge in [0.15, 0.2) is 0 Å². The lowest BCUT2D eigenvalue weighted by atomic mass is 10.1. The zero-order chi connectivity index (χ0) is 15.6. The van der Waals surface area contributed by atoms with E-state index in [4.69, 9.17) is 0 Å². The molecule has 0 aliphatic carbocycles. The van der Waals surface area contributed by atoms with E-state index >= 15 is 0 Å². The molecule has 0 aromatic heterocycles. The van der Waals surface area contributed by atoms with E-state index in [2.05, 4.69) is 38.4 Å². The zero-order valence-corrected chi connectivity index (χ0v) is 13.7. The minimum atomic E-state index is -0.758. The molecule has 0 radical (unpaired) electrons. The average Bonchev–Trinajstić information content (AvgIpc) is 2.48. The molecule has 0 saturated carbocycles. The Balaban J connectivity index is 2.41. The van der Waals surface area contributed by atoms with Crippen LogP contribution in [0.5, 0.6) is 0 Å². The molecule has 1 fully saturated rings. The van der Waals surface area contributed by atoms with Crippen LogP contribution in [0.1, 0.15) is 20.3 Å². The summed E-state index contributed by atoms with van der Waals surface area (Å²) in [6.07, 6.45) is 0.829. The maximum absolute atomic E-state index is 12.0. The first-order chi connectivity index (χ1) is 9.05. The van der Waals surface area contributed by atoms with Gasteiger partial charge in [0.05, 0.1) is 27.2 Å². The largest absolute Gasteiger partial charge is 0.327 e. The van der Waals surface area contributed by atoms with Crippen LogP contribution in [0.2, 0.25) is 0 Å². The van der Waals surface area contributed by atoms with Crippen molar-refractivity contribution in [2.24, 2.45) is 0 Å². The van der Waals surface area contributed by atoms with Crippen molar-refractivity contribution < 1.29 is 14.1 Å². The second-order valence-electron chi connectivity index (χ2n) is 7.05. The smallest absolute Gasteiger partial charge is 0.325 e. The first kappa shape index (κ1) is 16.9. The normalized spacial score (nSPS) is 18.9.